The van der Waals surface area contributed by atoms with Crippen molar-refractivity contribution in [1.82, 2.24) is 0 Å². The summed E-state index contributed by atoms with van der Waals surface area (Å²) >= 11 is 8.49. The van der Waals surface area contributed by atoms with Gasteiger partial charge in [0.1, 0.15) is 0 Å². The molecule has 1 unspecified atom stereocenters. The smallest absolute Gasteiger partial charge is 0.341 e. The van der Waals surface area contributed by atoms with Crippen LogP contribution >= 0.6 is 27.5 Å². The Labute approximate surface area is 122 Å². The van der Waals surface area contributed by atoms with Gasteiger partial charge in [0.2, 0.25) is 9.84 Å². The highest BCUT2D eigenvalue weighted by atomic mass is 79.9. The maximum atomic E-state index is 12.4. The van der Waals surface area contributed by atoms with E-state index in [9.17, 15) is 22.3 Å². The minimum absolute atomic E-state index is 0.0441. The van der Waals surface area contributed by atoms with Gasteiger partial charge in [0.05, 0.1) is 16.9 Å². The molecular weight excluding hydrogens is 368 g/mol. The maximum absolute atomic E-state index is 12.4. The predicted molar refractivity (Wildman–Crippen MR) is 72.5 cm³/mol. The highest BCUT2D eigenvalue weighted by Gasteiger charge is 2.26. The topological polar surface area (TPSA) is 66.4 Å². The fourth-order valence-electron chi connectivity index (χ4n) is 1.20. The van der Waals surface area contributed by atoms with E-state index >= 15 is 0 Å². The number of alkyl halides is 3. The van der Waals surface area contributed by atoms with E-state index in [0.29, 0.717) is 10.2 Å². The molecule has 1 atom stereocenters. The molecule has 0 aliphatic rings. The van der Waals surface area contributed by atoms with Crippen LogP contribution in [0, 0.1) is 0 Å². The molecule has 0 bridgehead atoms. The summed E-state index contributed by atoms with van der Waals surface area (Å²) in [6.07, 6.45) is -0.766. The predicted octanol–water partition coefficient (Wildman–Crippen LogP) is 2.46. The van der Waals surface area contributed by atoms with Crippen LogP contribution < -0.4 is 5.32 Å². The van der Waals surface area contributed by atoms with E-state index in [4.69, 9.17) is 11.6 Å². The molecule has 0 fully saturated rings. The van der Waals surface area contributed by atoms with Gasteiger partial charge in [-0.2, -0.15) is 8.78 Å². The fourth-order valence-corrected chi connectivity index (χ4v) is 2.73. The van der Waals surface area contributed by atoms with Gasteiger partial charge < -0.3 is 10.4 Å². The van der Waals surface area contributed by atoms with Crippen LogP contribution in [0.4, 0.5) is 14.5 Å². The van der Waals surface area contributed by atoms with Crippen molar-refractivity contribution in [3.8, 4) is 0 Å². The number of aliphatic hydroxyl groups excluding tert-OH is 1. The first-order valence-electron chi connectivity index (χ1n) is 5.08. The molecule has 0 aliphatic carbocycles. The SMILES string of the molecule is O=S(=O)(c1ccc(NCC(O)CCl)c(Br)c1)C(F)F. The Hall–Kier alpha value is -0.440. The molecule has 9 heteroatoms. The number of hydrogen-bond donors (Lipinski definition) is 2. The van der Waals surface area contributed by atoms with Crippen molar-refractivity contribution < 1.29 is 22.3 Å². The first kappa shape index (κ1) is 16.6. The zero-order chi connectivity index (χ0) is 14.6. The van der Waals surface area contributed by atoms with E-state index < -0.39 is 26.6 Å². The second-order valence-electron chi connectivity index (χ2n) is 3.64. The number of nitrogens with one attached hydrogen (secondary N) is 1. The van der Waals surface area contributed by atoms with E-state index in [1.165, 1.54) is 6.07 Å². The van der Waals surface area contributed by atoms with Crippen LogP contribution in [0.1, 0.15) is 0 Å². The second-order valence-corrected chi connectivity index (χ2v) is 6.72. The van der Waals surface area contributed by atoms with Crippen molar-refractivity contribution in [3.63, 3.8) is 0 Å². The molecule has 4 nitrogen and oxygen atoms in total. The van der Waals surface area contributed by atoms with Crippen LogP contribution in [0.2, 0.25) is 0 Å². The van der Waals surface area contributed by atoms with E-state index in [1.54, 1.807) is 0 Å². The molecule has 0 amide bonds. The van der Waals surface area contributed by atoms with Crippen LogP contribution in [-0.2, 0) is 9.84 Å². The Kier molecular flexibility index (Phi) is 5.97. The maximum Gasteiger partial charge on any atom is 0.341 e. The lowest BCUT2D eigenvalue weighted by molar-refractivity contribution is 0.211. The molecule has 0 radical (unpaired) electrons. The summed E-state index contributed by atoms with van der Waals surface area (Å²) in [6.45, 7) is 0.156. The molecule has 1 rings (SSSR count). The molecule has 1 aromatic rings. The third kappa shape index (κ3) is 4.27. The molecule has 0 saturated carbocycles. The van der Waals surface area contributed by atoms with Gasteiger partial charge in [0.25, 0.3) is 0 Å². The number of sulfone groups is 1. The van der Waals surface area contributed by atoms with Crippen molar-refractivity contribution in [3.05, 3.63) is 22.7 Å². The van der Waals surface area contributed by atoms with Crippen LogP contribution in [0.3, 0.4) is 0 Å². The Balaban J connectivity index is 2.92. The monoisotopic (exact) mass is 377 g/mol. The summed E-state index contributed by atoms with van der Waals surface area (Å²) in [4.78, 5) is -0.474. The molecular formula is C10H11BrClF2NO3S. The number of anilines is 1. The van der Waals surface area contributed by atoms with Gasteiger partial charge in [-0.15, -0.1) is 11.6 Å². The lowest BCUT2D eigenvalue weighted by Gasteiger charge is -2.12. The minimum Gasteiger partial charge on any atom is -0.390 e. The van der Waals surface area contributed by atoms with Gasteiger partial charge in [-0.1, -0.05) is 0 Å². The number of rotatable bonds is 6. The van der Waals surface area contributed by atoms with E-state index in [0.717, 1.165) is 12.1 Å². The Morgan fingerprint density at radius 3 is 2.53 bits per heavy atom. The second kappa shape index (κ2) is 6.83. The van der Waals surface area contributed by atoms with E-state index in [2.05, 4.69) is 21.2 Å². The Morgan fingerprint density at radius 2 is 2.05 bits per heavy atom. The molecule has 0 heterocycles. The zero-order valence-electron chi connectivity index (χ0n) is 9.48. The van der Waals surface area contributed by atoms with Crippen LogP contribution in [-0.4, -0.2) is 37.8 Å². The van der Waals surface area contributed by atoms with E-state index in [-0.39, 0.29) is 12.4 Å². The van der Waals surface area contributed by atoms with Crippen molar-refractivity contribution in [2.75, 3.05) is 17.7 Å². The lowest BCUT2D eigenvalue weighted by Crippen LogP contribution is -2.21. The number of halogens is 4. The molecule has 1 aromatic carbocycles. The number of hydrogen-bond acceptors (Lipinski definition) is 4. The first-order chi connectivity index (χ1) is 8.78. The average Bonchev–Trinajstić information content (AvgIpc) is 2.36. The summed E-state index contributed by atoms with van der Waals surface area (Å²) in [5, 5.41) is 12.1. The largest absolute Gasteiger partial charge is 0.390 e. The third-order valence-electron chi connectivity index (χ3n) is 2.21. The van der Waals surface area contributed by atoms with Gasteiger partial charge >= 0.3 is 5.76 Å². The fraction of sp³-hybridized carbons (Fsp3) is 0.400. The van der Waals surface area contributed by atoms with Crippen molar-refractivity contribution in [2.45, 2.75) is 16.8 Å². The van der Waals surface area contributed by atoms with Crippen molar-refractivity contribution >= 4 is 43.1 Å². The summed E-state index contributed by atoms with van der Waals surface area (Å²) in [5.41, 5.74) is 0.470. The molecule has 108 valence electrons. The van der Waals surface area contributed by atoms with E-state index in [1.807, 2.05) is 0 Å². The van der Waals surface area contributed by atoms with Crippen LogP contribution in [0.5, 0.6) is 0 Å². The number of benzene rings is 1. The van der Waals surface area contributed by atoms with Gasteiger partial charge in [0, 0.05) is 16.7 Å². The standard InChI is InChI=1S/C10H11BrClF2NO3S/c11-8-3-7(19(17,18)10(13)14)1-2-9(8)15-5-6(16)4-12/h1-3,6,10,15-16H,4-5H2. The van der Waals surface area contributed by atoms with Gasteiger partial charge in [-0.3, -0.25) is 0 Å². The van der Waals surface area contributed by atoms with Crippen LogP contribution in [0.25, 0.3) is 0 Å². The van der Waals surface area contributed by atoms with Crippen molar-refractivity contribution in [2.24, 2.45) is 0 Å². The summed E-state index contributed by atoms with van der Waals surface area (Å²) in [5.74, 6) is -3.42. The quantitative estimate of drug-likeness (QED) is 0.746. The molecule has 0 spiro atoms. The molecule has 0 aliphatic heterocycles. The highest BCUT2D eigenvalue weighted by Crippen LogP contribution is 2.28. The number of aliphatic hydroxyl groups is 1. The van der Waals surface area contributed by atoms with Crippen LogP contribution in [0.15, 0.2) is 27.6 Å². The summed E-state index contributed by atoms with van der Waals surface area (Å²) in [6, 6.07) is 3.48. The highest BCUT2D eigenvalue weighted by molar-refractivity contribution is 9.10. The lowest BCUT2D eigenvalue weighted by atomic mass is 10.3. The van der Waals surface area contributed by atoms with Gasteiger partial charge in [0.15, 0.2) is 0 Å². The summed E-state index contributed by atoms with van der Waals surface area (Å²) in [7, 11) is -4.61. The molecule has 0 aromatic heterocycles. The first-order valence-corrected chi connectivity index (χ1v) is 7.96. The Bertz CT molecular complexity index is 542. The van der Waals surface area contributed by atoms with Crippen molar-refractivity contribution in [1.29, 1.82) is 0 Å². The average molecular weight is 379 g/mol. The van der Waals surface area contributed by atoms with Gasteiger partial charge in [-0.05, 0) is 34.1 Å². The summed E-state index contributed by atoms with van der Waals surface area (Å²) < 4.78 is 47.5. The Morgan fingerprint density at radius 1 is 1.42 bits per heavy atom. The van der Waals surface area contributed by atoms with Gasteiger partial charge in [-0.25, -0.2) is 8.42 Å². The molecule has 0 saturated heterocycles. The minimum atomic E-state index is -4.61. The molecule has 2 N–H and O–H groups in total. The third-order valence-corrected chi connectivity index (χ3v) is 4.60. The molecule has 19 heavy (non-hydrogen) atoms. The zero-order valence-corrected chi connectivity index (χ0v) is 12.6. The normalized spacial score (nSPS) is 13.6.